The number of anilines is 1. The van der Waals surface area contributed by atoms with Gasteiger partial charge in [0.25, 0.3) is 5.56 Å². The Balaban J connectivity index is 1.28. The predicted octanol–water partition coefficient (Wildman–Crippen LogP) is 4.67. The molecule has 2 N–H and O–H groups in total. The van der Waals surface area contributed by atoms with Crippen LogP contribution in [0.3, 0.4) is 0 Å². The van der Waals surface area contributed by atoms with E-state index in [1.807, 2.05) is 30.3 Å². The van der Waals surface area contributed by atoms with Crippen LogP contribution in [0.2, 0.25) is 4.34 Å². The van der Waals surface area contributed by atoms with Crippen molar-refractivity contribution in [2.24, 2.45) is 0 Å². The highest BCUT2D eigenvalue weighted by Crippen LogP contribution is 2.30. The van der Waals surface area contributed by atoms with Crippen LogP contribution in [-0.2, 0) is 11.2 Å². The van der Waals surface area contributed by atoms with Gasteiger partial charge >= 0.3 is 0 Å². The summed E-state index contributed by atoms with van der Waals surface area (Å²) < 4.78 is 2.19. The van der Waals surface area contributed by atoms with Gasteiger partial charge < -0.3 is 10.3 Å². The number of carbonyl (C=O) groups is 1. The second-order valence-corrected chi connectivity index (χ2v) is 8.81. The lowest BCUT2D eigenvalue weighted by Gasteiger charge is -2.08. The predicted molar refractivity (Wildman–Crippen MR) is 127 cm³/mol. The molecule has 5 rings (SSSR count). The summed E-state index contributed by atoms with van der Waals surface area (Å²) in [6, 6.07) is 16.5. The maximum absolute atomic E-state index is 12.5. The van der Waals surface area contributed by atoms with E-state index in [-0.39, 0.29) is 17.9 Å². The molecule has 0 aliphatic carbocycles. The third kappa shape index (κ3) is 4.18. The fraction of sp³-hybridized carbons (Fsp3) is 0.0435. The SMILES string of the molecule is O=C(Cc1ccc2nc(-c3ccc(Cl)s3)[nH]c2c1)Nc1ccc(-n2ccncc2=O)cc1. The Bertz CT molecular complexity index is 1490. The van der Waals surface area contributed by atoms with Gasteiger partial charge in [-0.2, -0.15) is 0 Å². The largest absolute Gasteiger partial charge is 0.337 e. The molecule has 0 spiro atoms. The average Bonchev–Trinajstić information content (AvgIpc) is 3.40. The number of aromatic amines is 1. The fourth-order valence-electron chi connectivity index (χ4n) is 3.38. The van der Waals surface area contributed by atoms with Gasteiger partial charge in [-0.25, -0.2) is 4.98 Å². The number of halogens is 1. The van der Waals surface area contributed by atoms with E-state index in [0.717, 1.165) is 27.3 Å². The fourth-order valence-corrected chi connectivity index (χ4v) is 4.37. The number of aromatic nitrogens is 4. The summed E-state index contributed by atoms with van der Waals surface area (Å²) in [6.45, 7) is 0. The molecule has 3 aromatic heterocycles. The van der Waals surface area contributed by atoms with Gasteiger partial charge in [-0.05, 0) is 54.1 Å². The molecule has 0 radical (unpaired) electrons. The Hall–Kier alpha value is -3.75. The number of thiophene rings is 1. The highest BCUT2D eigenvalue weighted by molar-refractivity contribution is 7.19. The summed E-state index contributed by atoms with van der Waals surface area (Å²) in [7, 11) is 0. The molecule has 2 aromatic carbocycles. The second-order valence-electron chi connectivity index (χ2n) is 7.10. The van der Waals surface area contributed by atoms with Crippen molar-refractivity contribution in [2.75, 3.05) is 5.32 Å². The molecular formula is C23H16ClN5O2S. The van der Waals surface area contributed by atoms with E-state index >= 15 is 0 Å². The van der Waals surface area contributed by atoms with Crippen LogP contribution < -0.4 is 10.9 Å². The molecule has 0 bridgehead atoms. The molecule has 32 heavy (non-hydrogen) atoms. The number of H-pyrrole nitrogens is 1. The minimum Gasteiger partial charge on any atom is -0.337 e. The third-order valence-corrected chi connectivity index (χ3v) is 6.11. The molecule has 7 nitrogen and oxygen atoms in total. The Morgan fingerprint density at radius 1 is 1.12 bits per heavy atom. The number of hydrogen-bond acceptors (Lipinski definition) is 5. The van der Waals surface area contributed by atoms with Gasteiger partial charge in [-0.1, -0.05) is 17.7 Å². The van der Waals surface area contributed by atoms with E-state index in [1.165, 1.54) is 22.1 Å². The smallest absolute Gasteiger partial charge is 0.273 e. The van der Waals surface area contributed by atoms with Crippen molar-refractivity contribution in [3.63, 3.8) is 0 Å². The van der Waals surface area contributed by atoms with Gasteiger partial charge in [0.15, 0.2) is 0 Å². The van der Waals surface area contributed by atoms with Crippen molar-refractivity contribution in [3.8, 4) is 16.4 Å². The van der Waals surface area contributed by atoms with Crippen molar-refractivity contribution in [2.45, 2.75) is 6.42 Å². The number of hydrogen-bond donors (Lipinski definition) is 2. The van der Waals surface area contributed by atoms with Crippen LogP contribution in [0.25, 0.3) is 27.4 Å². The molecule has 5 aromatic rings. The van der Waals surface area contributed by atoms with E-state index in [2.05, 4.69) is 20.3 Å². The highest BCUT2D eigenvalue weighted by atomic mass is 35.5. The molecule has 0 saturated carbocycles. The highest BCUT2D eigenvalue weighted by Gasteiger charge is 2.10. The first-order valence-corrected chi connectivity index (χ1v) is 10.9. The average molecular weight is 462 g/mol. The second kappa shape index (κ2) is 8.41. The molecule has 0 fully saturated rings. The van der Waals surface area contributed by atoms with Crippen molar-refractivity contribution in [1.29, 1.82) is 0 Å². The maximum Gasteiger partial charge on any atom is 0.273 e. The first-order chi connectivity index (χ1) is 15.5. The van der Waals surface area contributed by atoms with E-state index in [9.17, 15) is 9.59 Å². The lowest BCUT2D eigenvalue weighted by molar-refractivity contribution is -0.115. The van der Waals surface area contributed by atoms with Crippen LogP contribution >= 0.6 is 22.9 Å². The van der Waals surface area contributed by atoms with E-state index in [1.54, 1.807) is 36.7 Å². The molecular weight excluding hydrogens is 446 g/mol. The van der Waals surface area contributed by atoms with E-state index in [4.69, 9.17) is 11.6 Å². The Labute approximate surface area is 191 Å². The number of nitrogens with zero attached hydrogens (tertiary/aromatic N) is 3. The zero-order valence-corrected chi connectivity index (χ0v) is 18.2. The zero-order valence-electron chi connectivity index (χ0n) is 16.6. The molecule has 1 amide bonds. The molecule has 3 heterocycles. The summed E-state index contributed by atoms with van der Waals surface area (Å²) in [5.41, 5.74) is 3.69. The number of benzene rings is 2. The van der Waals surface area contributed by atoms with Crippen LogP contribution in [-0.4, -0.2) is 25.4 Å². The normalized spacial score (nSPS) is 11.0. The van der Waals surface area contributed by atoms with Crippen LogP contribution in [0, 0.1) is 0 Å². The number of nitrogens with one attached hydrogen (secondary N) is 2. The number of carbonyl (C=O) groups excluding carboxylic acids is 1. The molecule has 158 valence electrons. The first kappa shape index (κ1) is 20.2. The van der Waals surface area contributed by atoms with Crippen LogP contribution in [0.5, 0.6) is 0 Å². The Kier molecular flexibility index (Phi) is 5.30. The Morgan fingerprint density at radius 3 is 2.72 bits per heavy atom. The number of amides is 1. The molecule has 0 aliphatic heterocycles. The van der Waals surface area contributed by atoms with Crippen molar-refractivity contribution in [1.82, 2.24) is 19.5 Å². The van der Waals surface area contributed by atoms with Crippen LogP contribution in [0.4, 0.5) is 5.69 Å². The van der Waals surface area contributed by atoms with E-state index < -0.39 is 0 Å². The molecule has 0 unspecified atom stereocenters. The molecule has 0 saturated heterocycles. The maximum atomic E-state index is 12.5. The van der Waals surface area contributed by atoms with Crippen LogP contribution in [0.1, 0.15) is 5.56 Å². The quantitative estimate of drug-likeness (QED) is 0.397. The summed E-state index contributed by atoms with van der Waals surface area (Å²) in [6.07, 6.45) is 4.62. The monoisotopic (exact) mass is 461 g/mol. The van der Waals surface area contributed by atoms with Gasteiger partial charge in [0.1, 0.15) is 5.82 Å². The molecule has 9 heteroatoms. The van der Waals surface area contributed by atoms with Gasteiger partial charge in [-0.15, -0.1) is 11.3 Å². The Morgan fingerprint density at radius 2 is 1.97 bits per heavy atom. The number of imidazole rings is 1. The lowest BCUT2D eigenvalue weighted by atomic mass is 10.1. The zero-order chi connectivity index (χ0) is 22.1. The van der Waals surface area contributed by atoms with Crippen molar-refractivity contribution < 1.29 is 4.79 Å². The lowest BCUT2D eigenvalue weighted by Crippen LogP contribution is -2.17. The van der Waals surface area contributed by atoms with E-state index in [0.29, 0.717) is 15.7 Å². The third-order valence-electron chi connectivity index (χ3n) is 4.87. The molecule has 0 aliphatic rings. The standard InChI is InChI=1S/C23H16ClN5O2S/c24-20-8-7-19(32-20)23-27-17-6-1-14(11-18(17)28-23)12-21(30)26-15-2-4-16(5-3-15)29-10-9-25-13-22(29)31/h1-11,13H,12H2,(H,26,30)(H,27,28). The summed E-state index contributed by atoms with van der Waals surface area (Å²) in [4.78, 5) is 37.1. The number of fused-ring (bicyclic) bond motifs is 1. The summed E-state index contributed by atoms with van der Waals surface area (Å²) >= 11 is 7.48. The first-order valence-electron chi connectivity index (χ1n) is 9.72. The summed E-state index contributed by atoms with van der Waals surface area (Å²) in [5, 5.41) is 2.89. The van der Waals surface area contributed by atoms with Gasteiger partial charge in [-0.3, -0.25) is 19.1 Å². The van der Waals surface area contributed by atoms with Crippen molar-refractivity contribution in [3.05, 3.63) is 93.4 Å². The minimum atomic E-state index is -0.219. The molecule has 0 atom stereocenters. The van der Waals surface area contributed by atoms with Crippen LogP contribution in [0.15, 0.2) is 78.0 Å². The minimum absolute atomic E-state index is 0.136. The van der Waals surface area contributed by atoms with Gasteiger partial charge in [0.2, 0.25) is 5.91 Å². The van der Waals surface area contributed by atoms with Gasteiger partial charge in [0.05, 0.1) is 32.9 Å². The van der Waals surface area contributed by atoms with Gasteiger partial charge in [0, 0.05) is 23.8 Å². The van der Waals surface area contributed by atoms with Crippen molar-refractivity contribution >= 4 is 45.6 Å². The topological polar surface area (TPSA) is 92.7 Å². The number of rotatable bonds is 5. The summed E-state index contributed by atoms with van der Waals surface area (Å²) in [5.74, 6) is 0.620.